The molecule has 1 aliphatic heterocycles. The van der Waals surface area contributed by atoms with Crippen molar-refractivity contribution in [3.8, 4) is 11.5 Å². The van der Waals surface area contributed by atoms with E-state index in [0.717, 1.165) is 22.6 Å². The fourth-order valence-electron chi connectivity index (χ4n) is 2.66. The van der Waals surface area contributed by atoms with E-state index >= 15 is 0 Å². The van der Waals surface area contributed by atoms with Crippen molar-refractivity contribution < 1.29 is 14.3 Å². The van der Waals surface area contributed by atoms with Gasteiger partial charge in [-0.2, -0.15) is 0 Å². The minimum absolute atomic E-state index is 0.000908. The van der Waals surface area contributed by atoms with Crippen LogP contribution in [0.2, 0.25) is 0 Å². The summed E-state index contributed by atoms with van der Waals surface area (Å²) in [4.78, 5) is 14.4. The topological polar surface area (TPSA) is 38.8 Å². The molecule has 22 heavy (non-hydrogen) atoms. The van der Waals surface area contributed by atoms with Crippen molar-refractivity contribution in [2.45, 2.75) is 26.1 Å². The van der Waals surface area contributed by atoms with Gasteiger partial charge < -0.3 is 14.4 Å². The van der Waals surface area contributed by atoms with Crippen LogP contribution < -0.4 is 9.47 Å². The molecule has 0 saturated carbocycles. The average molecular weight is 297 g/mol. The number of para-hydroxylation sites is 1. The van der Waals surface area contributed by atoms with Crippen LogP contribution in [-0.2, 0) is 17.9 Å². The Hall–Kier alpha value is -2.49. The second kappa shape index (κ2) is 6.10. The SMILES string of the molecule is COc1cccc(CN2Cc3ccccc3OC(C)C2=O)c1. The van der Waals surface area contributed by atoms with Gasteiger partial charge in [-0.3, -0.25) is 4.79 Å². The first kappa shape index (κ1) is 14.4. The molecule has 1 unspecified atom stereocenters. The largest absolute Gasteiger partial charge is 0.497 e. The van der Waals surface area contributed by atoms with E-state index in [0.29, 0.717) is 13.1 Å². The zero-order chi connectivity index (χ0) is 15.5. The summed E-state index contributed by atoms with van der Waals surface area (Å²) < 4.78 is 11.0. The Morgan fingerprint density at radius 1 is 1.23 bits per heavy atom. The van der Waals surface area contributed by atoms with Gasteiger partial charge in [-0.15, -0.1) is 0 Å². The smallest absolute Gasteiger partial charge is 0.263 e. The maximum Gasteiger partial charge on any atom is 0.263 e. The van der Waals surface area contributed by atoms with Gasteiger partial charge in [-0.25, -0.2) is 0 Å². The lowest BCUT2D eigenvalue weighted by Crippen LogP contribution is -2.37. The number of fused-ring (bicyclic) bond motifs is 1. The van der Waals surface area contributed by atoms with E-state index in [1.807, 2.05) is 53.4 Å². The minimum atomic E-state index is -0.478. The first-order chi connectivity index (χ1) is 10.7. The second-order valence-corrected chi connectivity index (χ2v) is 5.41. The zero-order valence-corrected chi connectivity index (χ0v) is 12.8. The molecule has 2 aromatic rings. The quantitative estimate of drug-likeness (QED) is 0.874. The van der Waals surface area contributed by atoms with Gasteiger partial charge in [0.1, 0.15) is 11.5 Å². The molecular formula is C18H19NO3. The van der Waals surface area contributed by atoms with E-state index in [2.05, 4.69) is 0 Å². The van der Waals surface area contributed by atoms with E-state index in [1.165, 1.54) is 0 Å². The summed E-state index contributed by atoms with van der Waals surface area (Å²) in [5.74, 6) is 1.58. The van der Waals surface area contributed by atoms with Crippen LogP contribution in [0.5, 0.6) is 11.5 Å². The molecule has 2 aromatic carbocycles. The van der Waals surface area contributed by atoms with Crippen LogP contribution in [0.15, 0.2) is 48.5 Å². The van der Waals surface area contributed by atoms with Crippen molar-refractivity contribution in [1.82, 2.24) is 4.90 Å². The molecule has 0 aliphatic carbocycles. The molecule has 114 valence electrons. The van der Waals surface area contributed by atoms with Gasteiger partial charge in [0, 0.05) is 18.7 Å². The summed E-state index contributed by atoms with van der Waals surface area (Å²) in [6, 6.07) is 15.6. The van der Waals surface area contributed by atoms with Crippen LogP contribution in [0.3, 0.4) is 0 Å². The molecule has 1 amide bonds. The molecule has 0 bridgehead atoms. The van der Waals surface area contributed by atoms with Crippen LogP contribution >= 0.6 is 0 Å². The lowest BCUT2D eigenvalue weighted by molar-refractivity contribution is -0.138. The molecule has 1 aliphatic rings. The van der Waals surface area contributed by atoms with Crippen LogP contribution in [0.4, 0.5) is 0 Å². The number of methoxy groups -OCH3 is 1. The second-order valence-electron chi connectivity index (χ2n) is 5.41. The highest BCUT2D eigenvalue weighted by Gasteiger charge is 2.27. The molecule has 0 spiro atoms. The Morgan fingerprint density at radius 2 is 2.05 bits per heavy atom. The van der Waals surface area contributed by atoms with E-state index < -0.39 is 6.10 Å². The highest BCUT2D eigenvalue weighted by molar-refractivity contribution is 5.81. The molecule has 1 atom stereocenters. The summed E-state index contributed by atoms with van der Waals surface area (Å²) in [6.07, 6.45) is -0.478. The molecular weight excluding hydrogens is 278 g/mol. The van der Waals surface area contributed by atoms with Crippen LogP contribution in [-0.4, -0.2) is 24.0 Å². The number of nitrogens with zero attached hydrogens (tertiary/aromatic N) is 1. The van der Waals surface area contributed by atoms with Crippen molar-refractivity contribution in [1.29, 1.82) is 0 Å². The molecule has 1 heterocycles. The zero-order valence-electron chi connectivity index (χ0n) is 12.8. The predicted molar refractivity (Wildman–Crippen MR) is 83.8 cm³/mol. The number of hydrogen-bond donors (Lipinski definition) is 0. The van der Waals surface area contributed by atoms with Crippen LogP contribution in [0, 0.1) is 0 Å². The summed E-state index contributed by atoms with van der Waals surface area (Å²) in [5.41, 5.74) is 2.07. The lowest BCUT2D eigenvalue weighted by atomic mass is 10.1. The Morgan fingerprint density at radius 3 is 2.86 bits per heavy atom. The third kappa shape index (κ3) is 2.91. The third-order valence-electron chi connectivity index (χ3n) is 3.80. The number of carbonyl (C=O) groups is 1. The number of carbonyl (C=O) groups excluding carboxylic acids is 1. The average Bonchev–Trinajstić information content (AvgIpc) is 2.66. The Balaban J connectivity index is 1.87. The van der Waals surface area contributed by atoms with E-state index in [-0.39, 0.29) is 5.91 Å². The molecule has 0 saturated heterocycles. The molecule has 0 radical (unpaired) electrons. The van der Waals surface area contributed by atoms with Crippen molar-refractivity contribution >= 4 is 5.91 Å². The Kier molecular flexibility index (Phi) is 4.00. The monoisotopic (exact) mass is 297 g/mol. The fraction of sp³-hybridized carbons (Fsp3) is 0.278. The normalized spacial score (nSPS) is 17.5. The van der Waals surface area contributed by atoms with Gasteiger partial charge in [0.2, 0.25) is 0 Å². The first-order valence-corrected chi connectivity index (χ1v) is 7.33. The number of benzene rings is 2. The fourth-order valence-corrected chi connectivity index (χ4v) is 2.66. The maximum atomic E-state index is 12.5. The van der Waals surface area contributed by atoms with Gasteiger partial charge in [0.15, 0.2) is 6.10 Å². The number of amides is 1. The molecule has 4 heteroatoms. The molecule has 0 fully saturated rings. The predicted octanol–water partition coefficient (Wildman–Crippen LogP) is 3.00. The number of rotatable bonds is 3. The first-order valence-electron chi connectivity index (χ1n) is 7.33. The van der Waals surface area contributed by atoms with Crippen molar-refractivity contribution in [3.05, 3.63) is 59.7 Å². The highest BCUT2D eigenvalue weighted by atomic mass is 16.5. The van der Waals surface area contributed by atoms with Gasteiger partial charge in [-0.1, -0.05) is 30.3 Å². The van der Waals surface area contributed by atoms with Gasteiger partial charge >= 0.3 is 0 Å². The van der Waals surface area contributed by atoms with Gasteiger partial charge in [0.25, 0.3) is 5.91 Å². The van der Waals surface area contributed by atoms with Crippen molar-refractivity contribution in [3.63, 3.8) is 0 Å². The number of ether oxygens (including phenoxy) is 2. The van der Waals surface area contributed by atoms with Crippen molar-refractivity contribution in [2.24, 2.45) is 0 Å². The van der Waals surface area contributed by atoms with E-state index in [1.54, 1.807) is 14.0 Å². The third-order valence-corrected chi connectivity index (χ3v) is 3.80. The van der Waals surface area contributed by atoms with Crippen LogP contribution in [0.25, 0.3) is 0 Å². The van der Waals surface area contributed by atoms with Crippen LogP contribution in [0.1, 0.15) is 18.1 Å². The minimum Gasteiger partial charge on any atom is -0.497 e. The maximum absolute atomic E-state index is 12.5. The van der Waals surface area contributed by atoms with Gasteiger partial charge in [-0.05, 0) is 30.7 Å². The molecule has 4 nitrogen and oxygen atoms in total. The van der Waals surface area contributed by atoms with E-state index in [4.69, 9.17) is 9.47 Å². The Bertz CT molecular complexity index is 684. The lowest BCUT2D eigenvalue weighted by Gasteiger charge is -2.22. The Labute approximate surface area is 130 Å². The molecule has 0 aromatic heterocycles. The summed E-state index contributed by atoms with van der Waals surface area (Å²) in [6.45, 7) is 2.89. The van der Waals surface area contributed by atoms with Gasteiger partial charge in [0.05, 0.1) is 7.11 Å². The summed E-state index contributed by atoms with van der Waals surface area (Å²) >= 11 is 0. The van der Waals surface area contributed by atoms with E-state index in [9.17, 15) is 4.79 Å². The summed E-state index contributed by atoms with van der Waals surface area (Å²) in [5, 5.41) is 0. The summed E-state index contributed by atoms with van der Waals surface area (Å²) in [7, 11) is 1.64. The van der Waals surface area contributed by atoms with Crippen molar-refractivity contribution in [2.75, 3.05) is 7.11 Å². The standard InChI is InChI=1S/C18H19NO3/c1-13-18(20)19(11-14-6-5-8-16(10-14)21-2)12-15-7-3-4-9-17(15)22-13/h3-10,13H,11-12H2,1-2H3. The number of hydrogen-bond acceptors (Lipinski definition) is 3. The molecule has 0 N–H and O–H groups in total. The highest BCUT2D eigenvalue weighted by Crippen LogP contribution is 2.26. The molecule has 3 rings (SSSR count).